The third-order valence-electron chi connectivity index (χ3n) is 2.87. The molecule has 0 saturated heterocycles. The number of carboxylic acids is 1. The van der Waals surface area contributed by atoms with Gasteiger partial charge in [0.25, 0.3) is 0 Å². The van der Waals surface area contributed by atoms with E-state index in [-0.39, 0.29) is 5.56 Å². The highest BCUT2D eigenvalue weighted by Crippen LogP contribution is 2.34. The van der Waals surface area contributed by atoms with Crippen molar-refractivity contribution in [2.75, 3.05) is 7.11 Å². The molecule has 0 bridgehead atoms. The lowest BCUT2D eigenvalue weighted by molar-refractivity contribution is 0.0693. The molecule has 2 rings (SSSR count). The fourth-order valence-electron chi connectivity index (χ4n) is 2.00. The Morgan fingerprint density at radius 2 is 1.95 bits per heavy atom. The van der Waals surface area contributed by atoms with Crippen molar-refractivity contribution in [1.82, 2.24) is 0 Å². The molecular weight excluding hydrogens is 247 g/mol. The first-order valence-electron chi connectivity index (χ1n) is 5.71. The lowest BCUT2D eigenvalue weighted by atomic mass is 9.97. The van der Waals surface area contributed by atoms with E-state index in [1.54, 1.807) is 18.2 Å². The van der Waals surface area contributed by atoms with Gasteiger partial charge in [0.1, 0.15) is 17.1 Å². The lowest BCUT2D eigenvalue weighted by Crippen LogP contribution is -2.04. The molecule has 0 fully saturated rings. The van der Waals surface area contributed by atoms with Gasteiger partial charge in [-0.15, -0.1) is 0 Å². The number of methoxy groups -OCH3 is 1. The molecule has 0 radical (unpaired) electrons. The number of benzene rings is 2. The summed E-state index contributed by atoms with van der Waals surface area (Å²) in [6.07, 6.45) is 0. The molecule has 0 amide bonds. The highest BCUT2D eigenvalue weighted by molar-refractivity contribution is 5.97. The van der Waals surface area contributed by atoms with Crippen LogP contribution in [0.5, 0.6) is 5.75 Å². The van der Waals surface area contributed by atoms with E-state index in [0.29, 0.717) is 16.9 Å². The van der Waals surface area contributed by atoms with Crippen LogP contribution >= 0.6 is 0 Å². The van der Waals surface area contributed by atoms with E-state index in [1.165, 1.54) is 13.2 Å². The molecule has 3 nitrogen and oxygen atoms in total. The summed E-state index contributed by atoms with van der Waals surface area (Å²) < 4.78 is 18.9. The standard InChI is InChI=1S/C15H13FO3/c1-9-6-7-13(19-2)11(8-9)10-4-3-5-12(16)14(10)15(17)18/h3-8H,1-2H3,(H,17,18). The van der Waals surface area contributed by atoms with Gasteiger partial charge in [-0.05, 0) is 25.1 Å². The average molecular weight is 260 g/mol. The third-order valence-corrected chi connectivity index (χ3v) is 2.87. The highest BCUT2D eigenvalue weighted by atomic mass is 19.1. The molecule has 0 aliphatic heterocycles. The van der Waals surface area contributed by atoms with E-state index in [9.17, 15) is 9.18 Å². The number of ether oxygens (including phenoxy) is 1. The van der Waals surface area contributed by atoms with Crippen LogP contribution < -0.4 is 4.74 Å². The van der Waals surface area contributed by atoms with Gasteiger partial charge >= 0.3 is 5.97 Å². The van der Waals surface area contributed by atoms with E-state index in [0.717, 1.165) is 11.6 Å². The van der Waals surface area contributed by atoms with Crippen LogP contribution in [0.25, 0.3) is 11.1 Å². The maximum atomic E-state index is 13.7. The predicted molar refractivity (Wildman–Crippen MR) is 70.1 cm³/mol. The Labute approximate surface area is 110 Å². The normalized spacial score (nSPS) is 10.3. The minimum Gasteiger partial charge on any atom is -0.496 e. The smallest absolute Gasteiger partial charge is 0.339 e. The van der Waals surface area contributed by atoms with Crippen LogP contribution in [0.3, 0.4) is 0 Å². The molecule has 0 atom stereocenters. The summed E-state index contributed by atoms with van der Waals surface area (Å²) in [5.41, 5.74) is 1.48. The van der Waals surface area contributed by atoms with Crippen molar-refractivity contribution in [2.24, 2.45) is 0 Å². The number of aryl methyl sites for hydroxylation is 1. The second-order valence-corrected chi connectivity index (χ2v) is 4.17. The van der Waals surface area contributed by atoms with E-state index in [4.69, 9.17) is 9.84 Å². The Morgan fingerprint density at radius 3 is 2.58 bits per heavy atom. The average Bonchev–Trinajstić information content (AvgIpc) is 2.37. The molecule has 0 aromatic heterocycles. The largest absolute Gasteiger partial charge is 0.496 e. The van der Waals surface area contributed by atoms with Gasteiger partial charge in [-0.1, -0.05) is 23.8 Å². The number of carbonyl (C=O) groups is 1. The summed E-state index contributed by atoms with van der Waals surface area (Å²) in [5.74, 6) is -1.54. The number of aromatic carboxylic acids is 1. The Balaban J connectivity index is 2.75. The quantitative estimate of drug-likeness (QED) is 0.918. The van der Waals surface area contributed by atoms with Crippen LogP contribution in [0.4, 0.5) is 4.39 Å². The summed E-state index contributed by atoms with van der Waals surface area (Å²) in [7, 11) is 1.49. The van der Waals surface area contributed by atoms with Crippen molar-refractivity contribution in [2.45, 2.75) is 6.92 Å². The first-order chi connectivity index (χ1) is 9.04. The molecule has 2 aromatic rings. The summed E-state index contributed by atoms with van der Waals surface area (Å²) in [5, 5.41) is 9.16. The number of hydrogen-bond acceptors (Lipinski definition) is 2. The number of rotatable bonds is 3. The van der Waals surface area contributed by atoms with Gasteiger partial charge in [-0.25, -0.2) is 9.18 Å². The lowest BCUT2D eigenvalue weighted by Gasteiger charge is -2.12. The molecule has 19 heavy (non-hydrogen) atoms. The van der Waals surface area contributed by atoms with E-state index in [1.807, 2.05) is 13.0 Å². The van der Waals surface area contributed by atoms with Gasteiger partial charge in [0.15, 0.2) is 0 Å². The van der Waals surface area contributed by atoms with Crippen LogP contribution in [-0.2, 0) is 0 Å². The zero-order chi connectivity index (χ0) is 14.0. The molecule has 1 N–H and O–H groups in total. The van der Waals surface area contributed by atoms with Crippen molar-refractivity contribution < 1.29 is 19.0 Å². The van der Waals surface area contributed by atoms with Crippen molar-refractivity contribution in [3.8, 4) is 16.9 Å². The van der Waals surface area contributed by atoms with Crippen molar-refractivity contribution in [3.63, 3.8) is 0 Å². The summed E-state index contributed by atoms with van der Waals surface area (Å²) in [6.45, 7) is 1.88. The van der Waals surface area contributed by atoms with Gasteiger partial charge < -0.3 is 9.84 Å². The van der Waals surface area contributed by atoms with Gasteiger partial charge in [-0.3, -0.25) is 0 Å². The monoisotopic (exact) mass is 260 g/mol. The molecule has 2 aromatic carbocycles. The Kier molecular flexibility index (Phi) is 3.51. The zero-order valence-electron chi connectivity index (χ0n) is 10.6. The molecule has 0 aliphatic rings. The van der Waals surface area contributed by atoms with Gasteiger partial charge in [0.05, 0.1) is 7.11 Å². The van der Waals surface area contributed by atoms with E-state index >= 15 is 0 Å². The predicted octanol–water partition coefficient (Wildman–Crippen LogP) is 3.51. The molecule has 0 unspecified atom stereocenters. The van der Waals surface area contributed by atoms with Crippen LogP contribution in [0, 0.1) is 12.7 Å². The number of hydrogen-bond donors (Lipinski definition) is 1. The third kappa shape index (κ3) is 2.42. The minimum atomic E-state index is -1.29. The van der Waals surface area contributed by atoms with Crippen LogP contribution in [-0.4, -0.2) is 18.2 Å². The molecule has 98 valence electrons. The fourth-order valence-corrected chi connectivity index (χ4v) is 2.00. The molecule has 0 saturated carbocycles. The number of carboxylic acid groups (broad SMARTS) is 1. The highest BCUT2D eigenvalue weighted by Gasteiger charge is 2.19. The molecular formula is C15H13FO3. The fraction of sp³-hybridized carbons (Fsp3) is 0.133. The SMILES string of the molecule is COc1ccc(C)cc1-c1cccc(F)c1C(=O)O. The van der Waals surface area contributed by atoms with Gasteiger partial charge in [0, 0.05) is 11.1 Å². The summed E-state index contributed by atoms with van der Waals surface area (Å²) >= 11 is 0. The van der Waals surface area contributed by atoms with Gasteiger partial charge in [-0.2, -0.15) is 0 Å². The van der Waals surface area contributed by atoms with E-state index in [2.05, 4.69) is 0 Å². The number of halogens is 1. The molecule has 4 heteroatoms. The van der Waals surface area contributed by atoms with Gasteiger partial charge in [0.2, 0.25) is 0 Å². The van der Waals surface area contributed by atoms with Crippen LogP contribution in [0.15, 0.2) is 36.4 Å². The Hall–Kier alpha value is -2.36. The van der Waals surface area contributed by atoms with Crippen LogP contribution in [0.2, 0.25) is 0 Å². The van der Waals surface area contributed by atoms with Crippen molar-refractivity contribution in [1.29, 1.82) is 0 Å². The first-order valence-corrected chi connectivity index (χ1v) is 5.71. The zero-order valence-corrected chi connectivity index (χ0v) is 10.6. The van der Waals surface area contributed by atoms with Crippen LogP contribution in [0.1, 0.15) is 15.9 Å². The second kappa shape index (κ2) is 5.10. The second-order valence-electron chi connectivity index (χ2n) is 4.17. The maximum Gasteiger partial charge on any atom is 0.339 e. The first kappa shape index (κ1) is 13.1. The Bertz CT molecular complexity index is 635. The molecule has 0 heterocycles. The summed E-state index contributed by atoms with van der Waals surface area (Å²) in [6, 6.07) is 9.56. The summed E-state index contributed by atoms with van der Waals surface area (Å²) in [4.78, 5) is 11.2. The Morgan fingerprint density at radius 1 is 1.21 bits per heavy atom. The minimum absolute atomic E-state index is 0.313. The maximum absolute atomic E-state index is 13.7. The van der Waals surface area contributed by atoms with Crippen molar-refractivity contribution >= 4 is 5.97 Å². The molecule has 0 spiro atoms. The van der Waals surface area contributed by atoms with E-state index < -0.39 is 11.8 Å². The topological polar surface area (TPSA) is 46.5 Å². The molecule has 0 aliphatic carbocycles. The van der Waals surface area contributed by atoms with Crippen molar-refractivity contribution in [3.05, 3.63) is 53.3 Å².